The molecule has 3 N–H and O–H groups in total. The molecule has 0 amide bonds. The summed E-state index contributed by atoms with van der Waals surface area (Å²) in [6.07, 6.45) is 2.45. The van der Waals surface area contributed by atoms with Crippen molar-refractivity contribution in [3.05, 3.63) is 23.8 Å². The van der Waals surface area contributed by atoms with Crippen molar-refractivity contribution in [2.24, 2.45) is 4.99 Å². The number of hydrogen-bond donors (Lipinski definition) is 3. The van der Waals surface area contributed by atoms with Gasteiger partial charge in [-0.05, 0) is 44.9 Å². The molecule has 152 valence electrons. The van der Waals surface area contributed by atoms with Crippen LogP contribution in [0.3, 0.4) is 0 Å². The van der Waals surface area contributed by atoms with Crippen LogP contribution in [0.25, 0.3) is 0 Å². The largest absolute Gasteiger partial charge is 0.508 e. The van der Waals surface area contributed by atoms with Crippen LogP contribution >= 0.6 is 0 Å². The number of methoxy groups -OCH3 is 1. The van der Waals surface area contributed by atoms with Crippen molar-refractivity contribution in [1.82, 2.24) is 15.5 Å². The lowest BCUT2D eigenvalue weighted by Crippen LogP contribution is -2.49. The first-order valence-corrected chi connectivity index (χ1v) is 9.68. The molecule has 1 aromatic carbocycles. The van der Waals surface area contributed by atoms with E-state index < -0.39 is 0 Å². The van der Waals surface area contributed by atoms with E-state index in [0.29, 0.717) is 18.7 Å². The van der Waals surface area contributed by atoms with Crippen molar-refractivity contribution in [3.8, 4) is 11.5 Å². The zero-order chi connectivity index (χ0) is 19.6. The van der Waals surface area contributed by atoms with Crippen LogP contribution in [0.1, 0.15) is 32.3 Å². The average Bonchev–Trinajstić information content (AvgIpc) is 2.67. The molecule has 1 aliphatic heterocycles. The highest BCUT2D eigenvalue weighted by Gasteiger charge is 2.20. The van der Waals surface area contributed by atoms with Gasteiger partial charge in [-0.2, -0.15) is 0 Å². The fourth-order valence-corrected chi connectivity index (χ4v) is 3.12. The Hall–Kier alpha value is -1.99. The summed E-state index contributed by atoms with van der Waals surface area (Å²) < 4.78 is 10.9. The highest BCUT2D eigenvalue weighted by Crippen LogP contribution is 2.22. The maximum Gasteiger partial charge on any atom is 0.191 e. The molecule has 0 radical (unpaired) electrons. The summed E-state index contributed by atoms with van der Waals surface area (Å²) in [6.45, 7) is 8.53. The van der Waals surface area contributed by atoms with E-state index in [9.17, 15) is 5.11 Å². The summed E-state index contributed by atoms with van der Waals surface area (Å²) in [5, 5.41) is 16.8. The second-order valence-corrected chi connectivity index (χ2v) is 7.10. The third kappa shape index (κ3) is 7.27. The number of piperidine rings is 1. The molecule has 27 heavy (non-hydrogen) atoms. The van der Waals surface area contributed by atoms with Crippen LogP contribution in [-0.2, 0) is 11.3 Å². The summed E-state index contributed by atoms with van der Waals surface area (Å²) in [5.41, 5.74) is 0.775. The number of phenols is 1. The Morgan fingerprint density at radius 2 is 2.07 bits per heavy atom. The Morgan fingerprint density at radius 3 is 2.70 bits per heavy atom. The first-order chi connectivity index (χ1) is 13.0. The molecule has 0 aromatic heterocycles. The average molecular weight is 379 g/mol. The third-order valence-electron chi connectivity index (χ3n) is 4.74. The number of likely N-dealkylation sites (tertiary alicyclic amines) is 1. The fraction of sp³-hybridized carbons (Fsp3) is 0.650. The summed E-state index contributed by atoms with van der Waals surface area (Å²) in [6, 6.07) is 5.61. The van der Waals surface area contributed by atoms with Gasteiger partial charge in [0.1, 0.15) is 11.5 Å². The van der Waals surface area contributed by atoms with E-state index in [1.54, 1.807) is 26.3 Å². The number of nitrogens with one attached hydrogen (secondary N) is 2. The molecule has 7 heteroatoms. The SMILES string of the molecule is CN=C(NCc1cc(OC)ccc1O)NC1CCN(CCOC(C)C)CC1. The van der Waals surface area contributed by atoms with E-state index in [2.05, 4.69) is 34.4 Å². The van der Waals surface area contributed by atoms with Crippen LogP contribution in [-0.4, -0.2) is 68.5 Å². The van der Waals surface area contributed by atoms with Crippen molar-refractivity contribution in [1.29, 1.82) is 0 Å². The number of ether oxygens (including phenoxy) is 2. The molecule has 2 rings (SSSR count). The van der Waals surface area contributed by atoms with Gasteiger partial charge in [0.15, 0.2) is 5.96 Å². The Bertz CT molecular complexity index is 599. The van der Waals surface area contributed by atoms with Crippen molar-refractivity contribution in [2.45, 2.75) is 45.4 Å². The molecule has 7 nitrogen and oxygen atoms in total. The zero-order valence-electron chi connectivity index (χ0n) is 17.0. The minimum absolute atomic E-state index is 0.246. The molecule has 0 atom stereocenters. The minimum atomic E-state index is 0.246. The first kappa shape index (κ1) is 21.3. The van der Waals surface area contributed by atoms with Crippen LogP contribution in [0, 0.1) is 0 Å². The number of hydrogen-bond acceptors (Lipinski definition) is 5. The number of aliphatic imine (C=N–C) groups is 1. The lowest BCUT2D eigenvalue weighted by atomic mass is 10.1. The van der Waals surface area contributed by atoms with Crippen molar-refractivity contribution < 1.29 is 14.6 Å². The van der Waals surface area contributed by atoms with Gasteiger partial charge < -0.3 is 30.1 Å². The van der Waals surface area contributed by atoms with E-state index in [4.69, 9.17) is 9.47 Å². The monoisotopic (exact) mass is 378 g/mol. The summed E-state index contributed by atoms with van der Waals surface area (Å²) in [7, 11) is 3.38. The predicted octanol–water partition coefficient (Wildman–Crippen LogP) is 1.96. The van der Waals surface area contributed by atoms with E-state index in [0.717, 1.165) is 56.4 Å². The smallest absolute Gasteiger partial charge is 0.191 e. The Labute approximate surface area is 162 Å². The second kappa shape index (κ2) is 11.0. The Balaban J connectivity index is 1.75. The minimum Gasteiger partial charge on any atom is -0.508 e. The predicted molar refractivity (Wildman–Crippen MR) is 109 cm³/mol. The van der Waals surface area contributed by atoms with Crippen LogP contribution < -0.4 is 15.4 Å². The molecule has 0 unspecified atom stereocenters. The third-order valence-corrected chi connectivity index (χ3v) is 4.74. The van der Waals surface area contributed by atoms with Gasteiger partial charge in [-0.15, -0.1) is 0 Å². The van der Waals surface area contributed by atoms with Gasteiger partial charge in [-0.1, -0.05) is 0 Å². The lowest BCUT2D eigenvalue weighted by molar-refractivity contribution is 0.0532. The maximum absolute atomic E-state index is 10.0. The number of phenolic OH excluding ortho intramolecular Hbond substituents is 1. The molecule has 1 aromatic rings. The molecule has 1 aliphatic rings. The summed E-state index contributed by atoms with van der Waals surface area (Å²) in [4.78, 5) is 6.75. The van der Waals surface area contributed by atoms with E-state index >= 15 is 0 Å². The van der Waals surface area contributed by atoms with Crippen LogP contribution in [0.5, 0.6) is 11.5 Å². The summed E-state index contributed by atoms with van der Waals surface area (Å²) >= 11 is 0. The lowest BCUT2D eigenvalue weighted by Gasteiger charge is -2.33. The van der Waals surface area contributed by atoms with Gasteiger partial charge in [-0.25, -0.2) is 0 Å². The molecular formula is C20H34N4O3. The van der Waals surface area contributed by atoms with Gasteiger partial charge in [0.2, 0.25) is 0 Å². The molecule has 1 heterocycles. The van der Waals surface area contributed by atoms with Gasteiger partial charge in [0.25, 0.3) is 0 Å². The van der Waals surface area contributed by atoms with Gasteiger partial charge in [-0.3, -0.25) is 4.99 Å². The number of aromatic hydroxyl groups is 1. The highest BCUT2D eigenvalue weighted by molar-refractivity contribution is 5.80. The maximum atomic E-state index is 10.0. The Morgan fingerprint density at radius 1 is 1.33 bits per heavy atom. The molecule has 1 saturated heterocycles. The quantitative estimate of drug-likeness (QED) is 0.474. The normalized spacial score (nSPS) is 16.6. The van der Waals surface area contributed by atoms with E-state index in [-0.39, 0.29) is 5.75 Å². The summed E-state index contributed by atoms with van der Waals surface area (Å²) in [5.74, 6) is 1.72. The molecule has 0 saturated carbocycles. The first-order valence-electron chi connectivity index (χ1n) is 9.68. The molecular weight excluding hydrogens is 344 g/mol. The number of guanidine groups is 1. The molecule has 0 bridgehead atoms. The zero-order valence-corrected chi connectivity index (χ0v) is 17.0. The van der Waals surface area contributed by atoms with E-state index in [1.807, 2.05) is 6.07 Å². The van der Waals surface area contributed by atoms with Gasteiger partial charge in [0.05, 0.1) is 19.8 Å². The van der Waals surface area contributed by atoms with Crippen molar-refractivity contribution >= 4 is 5.96 Å². The van der Waals surface area contributed by atoms with Crippen molar-refractivity contribution in [3.63, 3.8) is 0 Å². The van der Waals surface area contributed by atoms with Gasteiger partial charge >= 0.3 is 0 Å². The van der Waals surface area contributed by atoms with Crippen LogP contribution in [0.4, 0.5) is 0 Å². The van der Waals surface area contributed by atoms with E-state index in [1.165, 1.54) is 0 Å². The molecule has 1 fully saturated rings. The molecule has 0 spiro atoms. The van der Waals surface area contributed by atoms with Crippen molar-refractivity contribution in [2.75, 3.05) is 40.4 Å². The second-order valence-electron chi connectivity index (χ2n) is 7.10. The standard InChI is InChI=1S/C20H34N4O3/c1-15(2)27-12-11-24-9-7-17(8-10-24)23-20(21-3)22-14-16-13-18(26-4)5-6-19(16)25/h5-6,13,15,17,25H,7-12,14H2,1-4H3,(H2,21,22,23). The van der Waals surface area contributed by atoms with Crippen LogP contribution in [0.15, 0.2) is 23.2 Å². The molecule has 0 aliphatic carbocycles. The fourth-order valence-electron chi connectivity index (χ4n) is 3.12. The van der Waals surface area contributed by atoms with Gasteiger partial charge in [0, 0.05) is 44.8 Å². The Kier molecular flexibility index (Phi) is 8.67. The highest BCUT2D eigenvalue weighted by atomic mass is 16.5. The number of rotatable bonds is 8. The number of nitrogens with zero attached hydrogens (tertiary/aromatic N) is 2. The number of benzene rings is 1. The topological polar surface area (TPSA) is 78.4 Å². The van der Waals surface area contributed by atoms with Crippen LogP contribution in [0.2, 0.25) is 0 Å².